The van der Waals surface area contributed by atoms with Gasteiger partial charge in [0.25, 0.3) is 0 Å². The van der Waals surface area contributed by atoms with E-state index in [0.29, 0.717) is 17.8 Å². The van der Waals surface area contributed by atoms with Gasteiger partial charge in [-0.1, -0.05) is 30.3 Å². The number of benzene rings is 2. The molecule has 0 spiro atoms. The molecule has 12 heteroatoms. The molecule has 1 atom stereocenters. The van der Waals surface area contributed by atoms with Crippen LogP contribution in [0.2, 0.25) is 0 Å². The van der Waals surface area contributed by atoms with Crippen LogP contribution in [0.5, 0.6) is 0 Å². The summed E-state index contributed by atoms with van der Waals surface area (Å²) in [6.07, 6.45) is 10.3. The molecule has 44 heavy (non-hydrogen) atoms. The molecular formula is C32H26N4O6P2. The van der Waals surface area contributed by atoms with Crippen molar-refractivity contribution >= 4 is 54.4 Å². The number of aromatic nitrogens is 2. The molecule has 4 aromatic rings. The molecule has 6 N–H and O–H groups in total. The molecule has 2 aromatic carbocycles. The summed E-state index contributed by atoms with van der Waals surface area (Å²) >= 11 is 0. The summed E-state index contributed by atoms with van der Waals surface area (Å²) < 4.78 is 23.5. The molecule has 1 unspecified atom stereocenters. The summed E-state index contributed by atoms with van der Waals surface area (Å²) in [6.45, 7) is 0. The molecule has 7 rings (SSSR count). The molecule has 10 nitrogen and oxygen atoms in total. The van der Waals surface area contributed by atoms with Crippen molar-refractivity contribution in [3.8, 4) is 0 Å². The van der Waals surface area contributed by atoms with Crippen molar-refractivity contribution in [1.82, 2.24) is 9.97 Å². The van der Waals surface area contributed by atoms with Gasteiger partial charge in [0.1, 0.15) is 0 Å². The maximum absolute atomic E-state index is 11.8. The van der Waals surface area contributed by atoms with E-state index in [-0.39, 0.29) is 16.7 Å². The van der Waals surface area contributed by atoms with Gasteiger partial charge in [-0.05, 0) is 84.0 Å². The number of aromatic amines is 2. The molecular weight excluding hydrogens is 598 g/mol. The Morgan fingerprint density at radius 1 is 0.705 bits per heavy atom. The van der Waals surface area contributed by atoms with Crippen molar-refractivity contribution in [1.29, 1.82) is 0 Å². The predicted molar refractivity (Wildman–Crippen MR) is 171 cm³/mol. The minimum absolute atomic E-state index is 0.0450. The van der Waals surface area contributed by atoms with Gasteiger partial charge in [0.05, 0.1) is 33.8 Å². The smallest absolute Gasteiger partial charge is 0.356 e. The molecule has 0 aliphatic carbocycles. The van der Waals surface area contributed by atoms with Crippen molar-refractivity contribution in [3.05, 3.63) is 136 Å². The maximum Gasteiger partial charge on any atom is 0.356 e. The van der Waals surface area contributed by atoms with Gasteiger partial charge in [0, 0.05) is 39.7 Å². The number of hydrogen-bond donors (Lipinski definition) is 6. The highest BCUT2D eigenvalue weighted by Gasteiger charge is 2.23. The number of H-pyrrole nitrogens is 2. The number of allylic oxidation sites excluding steroid dienone is 4. The van der Waals surface area contributed by atoms with Gasteiger partial charge in [-0.15, -0.1) is 0 Å². The highest BCUT2D eigenvalue weighted by atomic mass is 31.2. The third kappa shape index (κ3) is 5.51. The van der Waals surface area contributed by atoms with E-state index in [2.05, 4.69) is 9.97 Å². The minimum atomic E-state index is -4.38. The molecule has 3 aliphatic heterocycles. The number of rotatable bonds is 4. The lowest BCUT2D eigenvalue weighted by molar-refractivity contribution is 0.385. The van der Waals surface area contributed by atoms with Crippen LogP contribution in [-0.4, -0.2) is 47.0 Å². The van der Waals surface area contributed by atoms with Gasteiger partial charge in [-0.2, -0.15) is 0 Å². The SMILES string of the molecule is O=P(O)(O)c1ccc(/C2=C3\C=CC(=N3)/C=c3/cc/c([nH]3)=C(\c3ccc(P(=O)(O)O)cc3)c3ccc([nH]3)CC3C=CC2=N3)cc1. The molecule has 0 radical (unpaired) electrons. The zero-order chi connectivity index (χ0) is 30.6. The molecule has 0 amide bonds. The van der Waals surface area contributed by atoms with Crippen LogP contribution < -0.4 is 21.3 Å². The second kappa shape index (κ2) is 10.6. The Kier molecular flexibility index (Phi) is 6.86. The first kappa shape index (κ1) is 28.4. The van der Waals surface area contributed by atoms with E-state index < -0.39 is 15.2 Å². The summed E-state index contributed by atoms with van der Waals surface area (Å²) in [5.41, 5.74) is 7.04. The van der Waals surface area contributed by atoms with Crippen LogP contribution in [0, 0.1) is 0 Å². The van der Waals surface area contributed by atoms with Crippen molar-refractivity contribution < 1.29 is 28.7 Å². The van der Waals surface area contributed by atoms with Crippen molar-refractivity contribution in [2.24, 2.45) is 9.98 Å². The fourth-order valence-electron chi connectivity index (χ4n) is 5.59. The van der Waals surface area contributed by atoms with Gasteiger partial charge in [0.2, 0.25) is 0 Å². The number of nitrogens with zero attached hydrogens (tertiary/aromatic N) is 2. The normalized spacial score (nSPS) is 21.6. The standard InChI is InChI=1S/C32H26N4O6P2/c37-43(38,39)25-9-1-19(2-10-25)31-27-13-5-21(33-27)17-23-7-15-29(35-23)32(20-3-11-26(12-4-20)44(40,41)42)30-16-8-24(36-30)18-22-6-14-28(31)34-22/h1-17,22,35-36H,18H2,(H2,37,38,39)(H2,40,41,42)/b23-17-,31-27-,32-29-. The lowest BCUT2D eigenvalue weighted by Crippen LogP contribution is -2.16. The Balaban J connectivity index is 1.40. The Bertz CT molecular complexity index is 2190. The van der Waals surface area contributed by atoms with E-state index in [0.717, 1.165) is 50.1 Å². The van der Waals surface area contributed by atoms with Gasteiger partial charge in [0.15, 0.2) is 0 Å². The van der Waals surface area contributed by atoms with Crippen LogP contribution in [0.15, 0.2) is 113 Å². The number of aliphatic imine (C=N–C) groups is 2. The summed E-state index contributed by atoms with van der Waals surface area (Å²) in [7, 11) is -8.76. The summed E-state index contributed by atoms with van der Waals surface area (Å²) in [4.78, 5) is 55.2. The molecule has 220 valence electrons. The average molecular weight is 625 g/mol. The Hall–Kier alpha value is -4.40. The molecule has 0 saturated carbocycles. The minimum Gasteiger partial charge on any atom is -0.358 e. The van der Waals surface area contributed by atoms with E-state index in [1.54, 1.807) is 24.3 Å². The van der Waals surface area contributed by atoms with Crippen molar-refractivity contribution in [2.45, 2.75) is 12.5 Å². The number of nitrogens with one attached hydrogen (secondary N) is 2. The van der Waals surface area contributed by atoms with Crippen LogP contribution >= 0.6 is 15.2 Å². The summed E-state index contributed by atoms with van der Waals surface area (Å²) in [5.74, 6) is 0. The average Bonchev–Trinajstić information content (AvgIpc) is 3.79. The third-order valence-corrected chi connectivity index (χ3v) is 9.61. The third-order valence-electron chi connectivity index (χ3n) is 7.67. The van der Waals surface area contributed by atoms with Crippen LogP contribution in [0.1, 0.15) is 22.5 Å². The zero-order valence-corrected chi connectivity index (χ0v) is 24.8. The van der Waals surface area contributed by atoms with Gasteiger partial charge in [-0.25, -0.2) is 4.99 Å². The first-order chi connectivity index (χ1) is 21.0. The quantitative estimate of drug-likeness (QED) is 0.190. The number of fused-ring (bicyclic) bond motifs is 6. The lowest BCUT2D eigenvalue weighted by atomic mass is 9.99. The number of hydrogen-bond acceptors (Lipinski definition) is 4. The van der Waals surface area contributed by atoms with E-state index in [9.17, 15) is 28.7 Å². The van der Waals surface area contributed by atoms with Crippen LogP contribution in [0.4, 0.5) is 0 Å². The van der Waals surface area contributed by atoms with Crippen LogP contribution in [0.25, 0.3) is 17.2 Å². The van der Waals surface area contributed by atoms with Crippen LogP contribution in [0.3, 0.4) is 0 Å². The van der Waals surface area contributed by atoms with Gasteiger partial charge >= 0.3 is 15.2 Å². The first-order valence-corrected chi connectivity index (χ1v) is 16.9. The summed E-state index contributed by atoms with van der Waals surface area (Å²) in [6, 6.07) is 20.3. The molecule has 8 bridgehead atoms. The van der Waals surface area contributed by atoms with E-state index in [4.69, 9.17) is 9.98 Å². The first-order valence-electron chi connectivity index (χ1n) is 13.7. The zero-order valence-electron chi connectivity index (χ0n) is 23.0. The van der Waals surface area contributed by atoms with Crippen LogP contribution in [-0.2, 0) is 15.6 Å². The highest BCUT2D eigenvalue weighted by Crippen LogP contribution is 2.35. The highest BCUT2D eigenvalue weighted by molar-refractivity contribution is 7.60. The Morgan fingerprint density at radius 2 is 1.36 bits per heavy atom. The fourth-order valence-corrected chi connectivity index (χ4v) is 6.66. The Labute approximate surface area is 251 Å². The van der Waals surface area contributed by atoms with E-state index in [1.165, 1.54) is 24.3 Å². The monoisotopic (exact) mass is 624 g/mol. The maximum atomic E-state index is 11.8. The van der Waals surface area contributed by atoms with E-state index >= 15 is 0 Å². The van der Waals surface area contributed by atoms with Gasteiger partial charge < -0.3 is 29.5 Å². The largest absolute Gasteiger partial charge is 0.358 e. The van der Waals surface area contributed by atoms with Crippen molar-refractivity contribution in [2.75, 3.05) is 0 Å². The fraction of sp³-hybridized carbons (Fsp3) is 0.0625. The van der Waals surface area contributed by atoms with Gasteiger partial charge in [-0.3, -0.25) is 14.1 Å². The second-order valence-corrected chi connectivity index (χ2v) is 13.9. The molecule has 3 aliphatic rings. The lowest BCUT2D eigenvalue weighted by Gasteiger charge is -2.11. The molecule has 5 heterocycles. The molecule has 0 saturated heterocycles. The Morgan fingerprint density at radius 3 is 2.02 bits per heavy atom. The second-order valence-electron chi connectivity index (χ2n) is 10.7. The molecule has 2 aromatic heterocycles. The molecule has 0 fully saturated rings. The topological polar surface area (TPSA) is 171 Å². The predicted octanol–water partition coefficient (Wildman–Crippen LogP) is 2.33. The van der Waals surface area contributed by atoms with Crippen molar-refractivity contribution in [3.63, 3.8) is 0 Å². The van der Waals surface area contributed by atoms with E-state index in [1.807, 2.05) is 54.6 Å². The summed E-state index contributed by atoms with van der Waals surface area (Å²) in [5, 5.41) is 1.52.